The summed E-state index contributed by atoms with van der Waals surface area (Å²) in [5.41, 5.74) is 0.979. The van der Waals surface area contributed by atoms with E-state index in [4.69, 9.17) is 9.47 Å². The minimum Gasteiger partial charge on any atom is -0.494 e. The number of methoxy groups -OCH3 is 1. The third-order valence-electron chi connectivity index (χ3n) is 2.40. The molecule has 0 aliphatic carbocycles. The number of carbonyl (C=O) groups excluding carboxylic acids is 1. The Hall–Kier alpha value is 0.410. The van der Waals surface area contributed by atoms with Gasteiger partial charge in [-0.1, -0.05) is 0 Å². The zero-order valence-corrected chi connectivity index (χ0v) is 16.7. The van der Waals surface area contributed by atoms with Crippen LogP contribution in [0.5, 0.6) is 5.75 Å². The standard InChI is InChI=1S/C12H12Br4O3/c1-3-19-7(17)5-4-6-8(13)10(15)12(18-2)11(16)9(6)14/h3-5H2,1-2H3. The van der Waals surface area contributed by atoms with Crippen LogP contribution in [-0.4, -0.2) is 19.7 Å². The smallest absolute Gasteiger partial charge is 0.306 e. The quantitative estimate of drug-likeness (QED) is 0.391. The number of halogens is 4. The van der Waals surface area contributed by atoms with Gasteiger partial charge in [-0.3, -0.25) is 4.79 Å². The molecule has 19 heavy (non-hydrogen) atoms. The topological polar surface area (TPSA) is 35.5 Å². The molecule has 1 aromatic carbocycles. The predicted molar refractivity (Wildman–Crippen MR) is 88.7 cm³/mol. The Morgan fingerprint density at radius 1 is 1.05 bits per heavy atom. The van der Waals surface area contributed by atoms with Crippen molar-refractivity contribution in [3.8, 4) is 5.75 Å². The van der Waals surface area contributed by atoms with Crippen LogP contribution < -0.4 is 4.74 Å². The van der Waals surface area contributed by atoms with Crippen LogP contribution in [-0.2, 0) is 16.0 Å². The number of ether oxygens (including phenoxy) is 2. The van der Waals surface area contributed by atoms with E-state index < -0.39 is 0 Å². The molecule has 7 heteroatoms. The fourth-order valence-electron chi connectivity index (χ4n) is 1.52. The summed E-state index contributed by atoms with van der Waals surface area (Å²) in [6, 6.07) is 0. The van der Waals surface area contributed by atoms with Gasteiger partial charge >= 0.3 is 5.97 Å². The first-order valence-corrected chi connectivity index (χ1v) is 8.65. The van der Waals surface area contributed by atoms with E-state index >= 15 is 0 Å². The maximum absolute atomic E-state index is 11.4. The summed E-state index contributed by atoms with van der Waals surface area (Å²) < 4.78 is 13.6. The van der Waals surface area contributed by atoms with E-state index in [-0.39, 0.29) is 5.97 Å². The predicted octanol–water partition coefficient (Wildman–Crippen LogP) is 5.24. The van der Waals surface area contributed by atoms with Crippen molar-refractivity contribution in [3.05, 3.63) is 23.5 Å². The molecular weight excluding hydrogens is 512 g/mol. The second kappa shape index (κ2) is 8.00. The normalized spacial score (nSPS) is 10.4. The number of hydrogen-bond acceptors (Lipinski definition) is 3. The summed E-state index contributed by atoms with van der Waals surface area (Å²) in [7, 11) is 1.60. The maximum atomic E-state index is 11.4. The van der Waals surface area contributed by atoms with Crippen molar-refractivity contribution in [3.63, 3.8) is 0 Å². The van der Waals surface area contributed by atoms with Crippen LogP contribution in [0.3, 0.4) is 0 Å². The molecule has 1 aromatic rings. The molecule has 0 saturated carbocycles. The van der Waals surface area contributed by atoms with Gasteiger partial charge in [-0.2, -0.15) is 0 Å². The largest absolute Gasteiger partial charge is 0.494 e. The van der Waals surface area contributed by atoms with E-state index in [1.54, 1.807) is 14.0 Å². The number of carbonyl (C=O) groups is 1. The Kier molecular flexibility index (Phi) is 7.35. The van der Waals surface area contributed by atoms with Crippen molar-refractivity contribution in [2.75, 3.05) is 13.7 Å². The van der Waals surface area contributed by atoms with Crippen molar-refractivity contribution < 1.29 is 14.3 Å². The molecule has 0 unspecified atom stereocenters. The van der Waals surface area contributed by atoms with Crippen molar-refractivity contribution in [1.82, 2.24) is 0 Å². The molecule has 0 aliphatic rings. The monoisotopic (exact) mass is 520 g/mol. The van der Waals surface area contributed by atoms with Gasteiger partial charge in [0.15, 0.2) is 0 Å². The van der Waals surface area contributed by atoms with E-state index in [0.29, 0.717) is 25.2 Å². The Balaban J connectivity index is 3.05. The van der Waals surface area contributed by atoms with Crippen LogP contribution in [0.1, 0.15) is 18.9 Å². The highest BCUT2D eigenvalue weighted by atomic mass is 79.9. The summed E-state index contributed by atoms with van der Waals surface area (Å²) in [6.07, 6.45) is 0.900. The highest BCUT2D eigenvalue weighted by Gasteiger charge is 2.20. The number of hydrogen-bond donors (Lipinski definition) is 0. The van der Waals surface area contributed by atoms with E-state index in [1.165, 1.54) is 0 Å². The fraction of sp³-hybridized carbons (Fsp3) is 0.417. The average molecular weight is 524 g/mol. The number of benzene rings is 1. The van der Waals surface area contributed by atoms with Crippen LogP contribution in [0.4, 0.5) is 0 Å². The summed E-state index contributed by atoms with van der Waals surface area (Å²) >= 11 is 14.0. The highest BCUT2D eigenvalue weighted by Crippen LogP contribution is 2.46. The molecule has 0 bridgehead atoms. The molecule has 1 rings (SSSR count). The number of rotatable bonds is 5. The molecule has 0 amide bonds. The lowest BCUT2D eigenvalue weighted by atomic mass is 10.1. The van der Waals surface area contributed by atoms with E-state index in [9.17, 15) is 4.79 Å². The van der Waals surface area contributed by atoms with E-state index in [0.717, 1.165) is 23.5 Å². The summed E-state index contributed by atoms with van der Waals surface area (Å²) in [5, 5.41) is 0. The Labute approximate surface area is 145 Å². The Bertz CT molecular complexity index is 459. The number of esters is 1. The third-order valence-corrected chi connectivity index (χ3v) is 6.73. The average Bonchev–Trinajstić information content (AvgIpc) is 2.37. The van der Waals surface area contributed by atoms with Crippen LogP contribution in [0.2, 0.25) is 0 Å². The summed E-state index contributed by atoms with van der Waals surface area (Å²) in [6.45, 7) is 2.20. The van der Waals surface area contributed by atoms with Gasteiger partial charge in [0.05, 0.1) is 22.7 Å². The van der Waals surface area contributed by atoms with Crippen LogP contribution in [0.25, 0.3) is 0 Å². The van der Waals surface area contributed by atoms with Gasteiger partial charge in [0, 0.05) is 15.4 Å². The van der Waals surface area contributed by atoms with Gasteiger partial charge in [-0.15, -0.1) is 0 Å². The van der Waals surface area contributed by atoms with Crippen LogP contribution >= 0.6 is 63.7 Å². The van der Waals surface area contributed by atoms with Crippen molar-refractivity contribution in [1.29, 1.82) is 0 Å². The fourth-order valence-corrected chi connectivity index (χ4v) is 4.40. The lowest BCUT2D eigenvalue weighted by Crippen LogP contribution is -2.06. The van der Waals surface area contributed by atoms with Gasteiger partial charge in [0.2, 0.25) is 0 Å². The maximum Gasteiger partial charge on any atom is 0.306 e. The first-order valence-electron chi connectivity index (χ1n) is 5.48. The van der Waals surface area contributed by atoms with Crippen molar-refractivity contribution >= 4 is 69.7 Å². The second-order valence-corrected chi connectivity index (χ2v) is 6.74. The van der Waals surface area contributed by atoms with Gasteiger partial charge in [-0.25, -0.2) is 0 Å². The minimum atomic E-state index is -0.204. The first kappa shape index (κ1) is 17.5. The molecule has 106 valence electrons. The minimum absolute atomic E-state index is 0.204. The molecule has 0 spiro atoms. The molecule has 0 radical (unpaired) electrons. The van der Waals surface area contributed by atoms with Gasteiger partial charge in [-0.05, 0) is 82.6 Å². The Morgan fingerprint density at radius 3 is 2.00 bits per heavy atom. The van der Waals surface area contributed by atoms with Crippen molar-refractivity contribution in [2.45, 2.75) is 19.8 Å². The van der Waals surface area contributed by atoms with Crippen LogP contribution in [0, 0.1) is 0 Å². The molecule has 0 heterocycles. The lowest BCUT2D eigenvalue weighted by molar-refractivity contribution is -0.143. The Morgan fingerprint density at radius 2 is 1.58 bits per heavy atom. The molecule has 0 N–H and O–H groups in total. The van der Waals surface area contributed by atoms with E-state index in [2.05, 4.69) is 63.7 Å². The second-order valence-electron chi connectivity index (χ2n) is 3.57. The van der Waals surface area contributed by atoms with Gasteiger partial charge in [0.1, 0.15) is 5.75 Å². The highest BCUT2D eigenvalue weighted by molar-refractivity contribution is 9.14. The summed E-state index contributed by atoms with van der Waals surface area (Å²) in [5.74, 6) is 0.489. The van der Waals surface area contributed by atoms with Gasteiger partial charge in [0.25, 0.3) is 0 Å². The summed E-state index contributed by atoms with van der Waals surface area (Å²) in [4.78, 5) is 11.4. The zero-order valence-electron chi connectivity index (χ0n) is 10.4. The zero-order chi connectivity index (χ0) is 14.6. The lowest BCUT2D eigenvalue weighted by Gasteiger charge is -2.15. The molecule has 0 aromatic heterocycles. The van der Waals surface area contributed by atoms with Crippen molar-refractivity contribution in [2.24, 2.45) is 0 Å². The van der Waals surface area contributed by atoms with Crippen LogP contribution in [0.15, 0.2) is 17.9 Å². The van der Waals surface area contributed by atoms with Gasteiger partial charge < -0.3 is 9.47 Å². The molecule has 0 saturated heterocycles. The van der Waals surface area contributed by atoms with E-state index in [1.807, 2.05) is 0 Å². The molecule has 0 fully saturated rings. The molecule has 0 atom stereocenters. The SMILES string of the molecule is CCOC(=O)CCc1c(Br)c(Br)c(OC)c(Br)c1Br. The molecule has 3 nitrogen and oxygen atoms in total. The molecule has 0 aliphatic heterocycles. The molecular formula is C12H12Br4O3. The third kappa shape index (κ3) is 4.19. The first-order chi connectivity index (χ1) is 8.93.